The Morgan fingerprint density at radius 1 is 1.15 bits per heavy atom. The molecule has 4 N–H and O–H groups in total. The van der Waals surface area contributed by atoms with Gasteiger partial charge in [0, 0.05) is 17.7 Å². The minimum atomic E-state index is -1.01. The van der Waals surface area contributed by atoms with Crippen molar-refractivity contribution in [3.05, 3.63) is 52.1 Å². The van der Waals surface area contributed by atoms with Gasteiger partial charge in [-0.15, -0.1) is 6.42 Å². The molecule has 13 nitrogen and oxygen atoms in total. The number of aromatic nitrogens is 4. The lowest BCUT2D eigenvalue weighted by Gasteiger charge is -2.22. The third kappa shape index (κ3) is 7.75. The van der Waals surface area contributed by atoms with Gasteiger partial charge in [0.05, 0.1) is 38.2 Å². The molecule has 204 valence electrons. The Morgan fingerprint density at radius 3 is 2.54 bits per heavy atom. The molecule has 0 saturated carbocycles. The van der Waals surface area contributed by atoms with Crippen molar-refractivity contribution in [2.24, 2.45) is 0 Å². The van der Waals surface area contributed by atoms with Crippen molar-refractivity contribution < 1.29 is 23.9 Å². The van der Waals surface area contributed by atoms with Gasteiger partial charge in [0.15, 0.2) is 11.2 Å². The molecule has 3 rings (SSSR count). The highest BCUT2D eigenvalue weighted by Gasteiger charge is 2.24. The summed E-state index contributed by atoms with van der Waals surface area (Å²) in [6.07, 6.45) is 7.02. The van der Waals surface area contributed by atoms with E-state index in [1.54, 1.807) is 43.0 Å². The van der Waals surface area contributed by atoms with Crippen LogP contribution in [-0.4, -0.2) is 63.6 Å². The lowest BCUT2D eigenvalue weighted by molar-refractivity contribution is -0.146. The normalized spacial score (nSPS) is 11.3. The first-order chi connectivity index (χ1) is 18.7. The summed E-state index contributed by atoms with van der Waals surface area (Å²) < 4.78 is 9.93. The van der Waals surface area contributed by atoms with Crippen LogP contribution >= 0.6 is 0 Å². The van der Waals surface area contributed by atoms with Crippen LogP contribution in [0.15, 0.2) is 35.3 Å². The molecule has 2 aromatic heterocycles. The number of rotatable bonds is 12. The molecule has 39 heavy (non-hydrogen) atoms. The maximum absolute atomic E-state index is 12.9. The Hall–Kier alpha value is -4.99. The molecule has 0 spiro atoms. The van der Waals surface area contributed by atoms with Crippen molar-refractivity contribution in [1.29, 1.82) is 0 Å². The summed E-state index contributed by atoms with van der Waals surface area (Å²) in [5.74, 6) is 0.893. The van der Waals surface area contributed by atoms with Gasteiger partial charge in [-0.1, -0.05) is 5.92 Å². The van der Waals surface area contributed by atoms with Crippen molar-refractivity contribution in [3.8, 4) is 12.3 Å². The van der Waals surface area contributed by atoms with Crippen molar-refractivity contribution in [2.45, 2.75) is 39.3 Å². The number of nitrogen functional groups attached to an aromatic ring is 1. The lowest BCUT2D eigenvalue weighted by Crippen LogP contribution is -2.42. The highest BCUT2D eigenvalue weighted by molar-refractivity contribution is 5.97. The SMILES string of the molecule is C#CCN(Cc1cnc2nc(N)[nH]c(=O)c2n1)c1ccc(C(=O)N[C@@H](CCC(=O)OCC)C(=O)OCC)cc1. The van der Waals surface area contributed by atoms with Crippen LogP contribution in [0.3, 0.4) is 0 Å². The third-order valence-electron chi connectivity index (χ3n) is 5.43. The highest BCUT2D eigenvalue weighted by atomic mass is 16.5. The zero-order chi connectivity index (χ0) is 28.4. The number of esters is 2. The molecule has 1 atom stereocenters. The first-order valence-electron chi connectivity index (χ1n) is 12.2. The van der Waals surface area contributed by atoms with E-state index < -0.39 is 29.4 Å². The van der Waals surface area contributed by atoms with Crippen LogP contribution < -0.4 is 21.5 Å². The van der Waals surface area contributed by atoms with Crippen LogP contribution in [0, 0.1) is 12.3 Å². The average molecular weight is 536 g/mol. The summed E-state index contributed by atoms with van der Waals surface area (Å²) in [4.78, 5) is 65.8. The molecule has 3 aromatic rings. The molecule has 0 radical (unpaired) electrons. The zero-order valence-corrected chi connectivity index (χ0v) is 21.6. The minimum absolute atomic E-state index is 0.0369. The van der Waals surface area contributed by atoms with E-state index in [0.29, 0.717) is 11.4 Å². The second-order valence-electron chi connectivity index (χ2n) is 8.21. The Kier molecular flexibility index (Phi) is 9.91. The predicted molar refractivity (Wildman–Crippen MR) is 142 cm³/mol. The van der Waals surface area contributed by atoms with Gasteiger partial charge in [-0.3, -0.25) is 19.4 Å². The summed E-state index contributed by atoms with van der Waals surface area (Å²) in [5.41, 5.74) is 6.65. The van der Waals surface area contributed by atoms with E-state index >= 15 is 0 Å². The molecule has 0 bridgehead atoms. The number of terminal acetylenes is 1. The minimum Gasteiger partial charge on any atom is -0.466 e. The number of amides is 1. The summed E-state index contributed by atoms with van der Waals surface area (Å²) in [5, 5.41) is 2.62. The van der Waals surface area contributed by atoms with E-state index in [9.17, 15) is 19.2 Å². The number of nitrogens with two attached hydrogens (primary N) is 1. The van der Waals surface area contributed by atoms with Crippen LogP contribution in [0.4, 0.5) is 11.6 Å². The second-order valence-corrected chi connectivity index (χ2v) is 8.21. The van der Waals surface area contributed by atoms with Gasteiger partial charge in [0.2, 0.25) is 5.95 Å². The third-order valence-corrected chi connectivity index (χ3v) is 5.43. The fourth-order valence-corrected chi connectivity index (χ4v) is 3.64. The van der Waals surface area contributed by atoms with Gasteiger partial charge in [-0.2, -0.15) is 4.98 Å². The van der Waals surface area contributed by atoms with E-state index in [1.165, 1.54) is 6.20 Å². The first-order valence-corrected chi connectivity index (χ1v) is 12.2. The lowest BCUT2D eigenvalue weighted by atomic mass is 10.1. The number of H-pyrrole nitrogens is 1. The largest absolute Gasteiger partial charge is 0.466 e. The monoisotopic (exact) mass is 535 g/mol. The molecule has 0 aliphatic rings. The van der Waals surface area contributed by atoms with Gasteiger partial charge in [-0.05, 0) is 44.5 Å². The van der Waals surface area contributed by atoms with Crippen molar-refractivity contribution in [2.75, 3.05) is 30.4 Å². The van der Waals surface area contributed by atoms with Crippen molar-refractivity contribution in [3.63, 3.8) is 0 Å². The zero-order valence-electron chi connectivity index (χ0n) is 21.6. The second kappa shape index (κ2) is 13.5. The average Bonchev–Trinajstić information content (AvgIpc) is 2.91. The molecule has 0 aliphatic carbocycles. The van der Waals surface area contributed by atoms with Gasteiger partial charge in [0.25, 0.3) is 11.5 Å². The predicted octanol–water partition coefficient (Wildman–Crippen LogP) is 0.940. The molecule has 0 unspecified atom stereocenters. The summed E-state index contributed by atoms with van der Waals surface area (Å²) in [6, 6.07) is 5.51. The first kappa shape index (κ1) is 28.6. The topological polar surface area (TPSA) is 182 Å². The Labute approximate surface area is 224 Å². The van der Waals surface area contributed by atoms with E-state index in [2.05, 4.69) is 31.2 Å². The molecule has 1 aromatic carbocycles. The number of hydrogen-bond acceptors (Lipinski definition) is 11. The Balaban J connectivity index is 1.74. The van der Waals surface area contributed by atoms with E-state index in [4.69, 9.17) is 21.6 Å². The number of nitrogens with one attached hydrogen (secondary N) is 2. The van der Waals surface area contributed by atoms with Crippen molar-refractivity contribution >= 4 is 40.6 Å². The number of nitrogens with zero attached hydrogens (tertiary/aromatic N) is 4. The molecule has 0 fully saturated rings. The molecule has 1 amide bonds. The van der Waals surface area contributed by atoms with E-state index in [0.717, 1.165) is 0 Å². The Bertz CT molecular complexity index is 1430. The maximum Gasteiger partial charge on any atom is 0.328 e. The number of carbonyl (C=O) groups excluding carboxylic acids is 3. The van der Waals surface area contributed by atoms with Crippen LogP contribution in [-0.2, 0) is 25.6 Å². The van der Waals surface area contributed by atoms with Gasteiger partial charge in [0.1, 0.15) is 6.04 Å². The fraction of sp³-hybridized carbons (Fsp3) is 0.346. The molecule has 13 heteroatoms. The fourth-order valence-electron chi connectivity index (χ4n) is 3.64. The number of hydrogen-bond donors (Lipinski definition) is 3. The van der Waals surface area contributed by atoms with E-state index in [1.807, 2.05) is 0 Å². The number of benzene rings is 1. The number of ether oxygens (including phenoxy) is 2. The summed E-state index contributed by atoms with van der Waals surface area (Å²) in [6.45, 7) is 4.11. The van der Waals surface area contributed by atoms with Crippen LogP contribution in [0.2, 0.25) is 0 Å². The molecule has 2 heterocycles. The molecular weight excluding hydrogens is 506 g/mol. The smallest absolute Gasteiger partial charge is 0.328 e. The number of aromatic amines is 1. The standard InChI is InChI=1S/C26H29N7O6/c1-4-13-33(15-17-14-28-22-21(29-17)24(36)32-26(27)31-22)18-9-7-16(8-10-18)23(35)30-19(25(37)39-6-3)11-12-20(34)38-5-2/h1,7-10,14,19H,5-6,11-13,15H2,2-3H3,(H,30,35)(H3,27,28,31,32,36)/t19-/m0/s1. The van der Waals surface area contributed by atoms with Gasteiger partial charge >= 0.3 is 11.9 Å². The van der Waals surface area contributed by atoms with Crippen LogP contribution in [0.5, 0.6) is 0 Å². The van der Waals surface area contributed by atoms with Crippen LogP contribution in [0.1, 0.15) is 42.7 Å². The number of carbonyl (C=O) groups is 3. The van der Waals surface area contributed by atoms with E-state index in [-0.39, 0.29) is 61.8 Å². The van der Waals surface area contributed by atoms with Gasteiger partial charge < -0.3 is 25.4 Å². The maximum atomic E-state index is 12.9. The molecule has 0 aliphatic heterocycles. The summed E-state index contributed by atoms with van der Waals surface area (Å²) >= 11 is 0. The van der Waals surface area contributed by atoms with Gasteiger partial charge in [-0.25, -0.2) is 14.8 Å². The van der Waals surface area contributed by atoms with Crippen molar-refractivity contribution in [1.82, 2.24) is 25.3 Å². The molecular formula is C26H29N7O6. The molecule has 0 saturated heterocycles. The Morgan fingerprint density at radius 2 is 1.87 bits per heavy atom. The summed E-state index contributed by atoms with van der Waals surface area (Å²) in [7, 11) is 0. The highest BCUT2D eigenvalue weighted by Crippen LogP contribution is 2.18. The number of fused-ring (bicyclic) bond motifs is 1. The number of anilines is 2. The quantitative estimate of drug-likeness (QED) is 0.222. The van der Waals surface area contributed by atoms with Crippen LogP contribution in [0.25, 0.3) is 11.2 Å².